The maximum absolute atomic E-state index is 5.67. The molecule has 0 heterocycles. The van der Waals surface area contributed by atoms with Crippen LogP contribution in [0.4, 0.5) is 0 Å². The van der Waals surface area contributed by atoms with Crippen molar-refractivity contribution in [2.24, 2.45) is 10.9 Å². The van der Waals surface area contributed by atoms with Gasteiger partial charge in [-0.25, -0.2) is 0 Å². The molecular weight excluding hydrogens is 246 g/mol. The normalized spacial score (nSPS) is 13.4. The molecule has 106 valence electrons. The van der Waals surface area contributed by atoms with Gasteiger partial charge in [-0.15, -0.1) is 0 Å². The van der Waals surface area contributed by atoms with Crippen molar-refractivity contribution in [3.63, 3.8) is 0 Å². The van der Waals surface area contributed by atoms with Crippen LogP contribution in [0.3, 0.4) is 0 Å². The van der Waals surface area contributed by atoms with Crippen LogP contribution in [0, 0.1) is 5.92 Å². The van der Waals surface area contributed by atoms with Crippen LogP contribution in [-0.2, 0) is 4.74 Å². The van der Waals surface area contributed by atoms with E-state index in [0.29, 0.717) is 17.4 Å². The fourth-order valence-corrected chi connectivity index (χ4v) is 1.30. The summed E-state index contributed by atoms with van der Waals surface area (Å²) in [7, 11) is 0. The number of hydrogen-bond donors (Lipinski definition) is 0. The molecule has 0 unspecified atom stereocenters. The molecule has 20 heavy (non-hydrogen) atoms. The van der Waals surface area contributed by atoms with E-state index in [1.807, 2.05) is 18.2 Å². The van der Waals surface area contributed by atoms with Gasteiger partial charge in [0.05, 0.1) is 6.21 Å². The van der Waals surface area contributed by atoms with Gasteiger partial charge in [0.1, 0.15) is 11.5 Å². The Kier molecular flexibility index (Phi) is 9.32. The van der Waals surface area contributed by atoms with Gasteiger partial charge in [-0.2, -0.15) is 0 Å². The summed E-state index contributed by atoms with van der Waals surface area (Å²) in [6.45, 7) is 18.9. The molecule has 0 aliphatic heterocycles. The monoisotopic (exact) mass is 269 g/mol. The minimum atomic E-state index is 0.403. The Hall–Kier alpha value is -2.35. The predicted octanol–water partition coefficient (Wildman–Crippen LogP) is 5.13. The standard InChI is InChI=1S/C18H23NO/c1-7-11-18(14-19-10-4)20-17(9-3)13-12-16(8-2)15(5)6/h7-15H,1-4H2,5-6H3/b16-12+,17-13+,18-11+,19-14?. The third-order valence-electron chi connectivity index (χ3n) is 2.37. The van der Waals surface area contributed by atoms with Gasteiger partial charge in [-0.1, -0.05) is 58.4 Å². The lowest BCUT2D eigenvalue weighted by molar-refractivity contribution is 0.347. The molecular formula is C18H23NO. The van der Waals surface area contributed by atoms with E-state index in [2.05, 4.69) is 45.2 Å². The van der Waals surface area contributed by atoms with Gasteiger partial charge >= 0.3 is 0 Å². The van der Waals surface area contributed by atoms with Gasteiger partial charge in [0.2, 0.25) is 0 Å². The lowest BCUT2D eigenvalue weighted by atomic mass is 10.0. The van der Waals surface area contributed by atoms with E-state index < -0.39 is 0 Å². The average Bonchev–Trinajstić information content (AvgIpc) is 2.43. The van der Waals surface area contributed by atoms with Crippen molar-refractivity contribution in [2.45, 2.75) is 13.8 Å². The molecule has 0 aliphatic carbocycles. The first kappa shape index (κ1) is 17.6. The van der Waals surface area contributed by atoms with Crippen molar-refractivity contribution in [1.82, 2.24) is 0 Å². The van der Waals surface area contributed by atoms with E-state index in [0.717, 1.165) is 5.57 Å². The van der Waals surface area contributed by atoms with Gasteiger partial charge in [-0.3, -0.25) is 4.99 Å². The summed E-state index contributed by atoms with van der Waals surface area (Å²) in [6.07, 6.45) is 13.6. The molecule has 0 aromatic heterocycles. The van der Waals surface area contributed by atoms with Crippen LogP contribution in [0.25, 0.3) is 0 Å². The lowest BCUT2D eigenvalue weighted by Gasteiger charge is -2.07. The van der Waals surface area contributed by atoms with Crippen LogP contribution in [0.2, 0.25) is 0 Å². The van der Waals surface area contributed by atoms with Crippen molar-refractivity contribution in [1.29, 1.82) is 0 Å². The highest BCUT2D eigenvalue weighted by Crippen LogP contribution is 2.13. The van der Waals surface area contributed by atoms with Crippen molar-refractivity contribution in [2.75, 3.05) is 0 Å². The summed E-state index contributed by atoms with van der Waals surface area (Å²) < 4.78 is 5.67. The number of hydrogen-bond acceptors (Lipinski definition) is 2. The molecule has 0 saturated heterocycles. The van der Waals surface area contributed by atoms with E-state index in [1.54, 1.807) is 24.4 Å². The Balaban J connectivity index is 5.17. The van der Waals surface area contributed by atoms with Gasteiger partial charge in [0, 0.05) is 6.20 Å². The molecule has 0 aliphatic rings. The Morgan fingerprint density at radius 2 is 1.65 bits per heavy atom. The number of ether oxygens (including phenoxy) is 1. The zero-order valence-corrected chi connectivity index (χ0v) is 12.4. The van der Waals surface area contributed by atoms with Gasteiger partial charge in [-0.05, 0) is 29.7 Å². The summed E-state index contributed by atoms with van der Waals surface area (Å²) in [4.78, 5) is 3.92. The van der Waals surface area contributed by atoms with Crippen LogP contribution in [0.15, 0.2) is 91.1 Å². The highest BCUT2D eigenvalue weighted by molar-refractivity contribution is 5.77. The van der Waals surface area contributed by atoms with E-state index >= 15 is 0 Å². The van der Waals surface area contributed by atoms with Gasteiger partial charge in [0.15, 0.2) is 0 Å². The first-order chi connectivity index (χ1) is 9.58. The third kappa shape index (κ3) is 7.17. The summed E-state index contributed by atoms with van der Waals surface area (Å²) in [6, 6.07) is 0. The summed E-state index contributed by atoms with van der Waals surface area (Å²) in [5.74, 6) is 1.58. The number of nitrogens with zero attached hydrogens (tertiary/aromatic N) is 1. The van der Waals surface area contributed by atoms with E-state index in [-0.39, 0.29) is 0 Å². The maximum atomic E-state index is 5.67. The molecule has 0 rings (SSSR count). The van der Waals surface area contributed by atoms with E-state index in [4.69, 9.17) is 4.74 Å². The number of aliphatic imine (C=N–C) groups is 1. The van der Waals surface area contributed by atoms with Crippen LogP contribution >= 0.6 is 0 Å². The zero-order valence-electron chi connectivity index (χ0n) is 12.4. The maximum Gasteiger partial charge on any atom is 0.145 e. The minimum Gasteiger partial charge on any atom is -0.456 e. The van der Waals surface area contributed by atoms with E-state index in [9.17, 15) is 0 Å². The minimum absolute atomic E-state index is 0.403. The molecule has 0 saturated carbocycles. The van der Waals surface area contributed by atoms with Crippen molar-refractivity contribution >= 4 is 6.21 Å². The third-order valence-corrected chi connectivity index (χ3v) is 2.37. The quantitative estimate of drug-likeness (QED) is 0.323. The topological polar surface area (TPSA) is 21.6 Å². The van der Waals surface area contributed by atoms with Crippen LogP contribution in [-0.4, -0.2) is 6.21 Å². The summed E-state index contributed by atoms with van der Waals surface area (Å²) in [5.41, 5.74) is 1.13. The Bertz CT molecular complexity index is 474. The molecule has 2 heteroatoms. The second-order valence-corrected chi connectivity index (χ2v) is 4.17. The second-order valence-electron chi connectivity index (χ2n) is 4.17. The van der Waals surface area contributed by atoms with Crippen LogP contribution in [0.5, 0.6) is 0 Å². The smallest absolute Gasteiger partial charge is 0.145 e. The molecule has 0 N–H and O–H groups in total. The molecule has 0 aromatic carbocycles. The van der Waals surface area contributed by atoms with Crippen molar-refractivity contribution < 1.29 is 4.74 Å². The van der Waals surface area contributed by atoms with Gasteiger partial charge in [0.25, 0.3) is 0 Å². The predicted molar refractivity (Wildman–Crippen MR) is 89.5 cm³/mol. The Labute approximate surface area is 122 Å². The fourth-order valence-electron chi connectivity index (χ4n) is 1.30. The molecule has 0 radical (unpaired) electrons. The molecule has 0 spiro atoms. The largest absolute Gasteiger partial charge is 0.456 e. The molecule has 0 aromatic rings. The lowest BCUT2D eigenvalue weighted by Crippen LogP contribution is -1.93. The number of rotatable bonds is 9. The van der Waals surface area contributed by atoms with Gasteiger partial charge < -0.3 is 4.74 Å². The average molecular weight is 269 g/mol. The molecule has 0 bridgehead atoms. The molecule has 2 nitrogen and oxygen atoms in total. The molecule has 0 fully saturated rings. The van der Waals surface area contributed by atoms with Crippen LogP contribution < -0.4 is 0 Å². The summed E-state index contributed by atoms with van der Waals surface area (Å²) in [5, 5.41) is 0. The van der Waals surface area contributed by atoms with Crippen molar-refractivity contribution in [3.05, 3.63) is 86.1 Å². The first-order valence-electron chi connectivity index (χ1n) is 6.40. The molecule has 0 atom stereocenters. The SMILES string of the molecule is C=C/C=C(\C=NC=C)O/C(C=C)=C/C=C(\C=C)C(C)C. The Morgan fingerprint density at radius 3 is 2.10 bits per heavy atom. The fraction of sp³-hybridized carbons (Fsp3) is 0.167. The number of allylic oxidation sites excluding steroid dienone is 8. The first-order valence-corrected chi connectivity index (χ1v) is 6.40. The van der Waals surface area contributed by atoms with Crippen molar-refractivity contribution in [3.8, 4) is 0 Å². The molecule has 0 amide bonds. The summed E-state index contributed by atoms with van der Waals surface area (Å²) >= 11 is 0. The highest BCUT2D eigenvalue weighted by Gasteiger charge is 1.99. The zero-order chi connectivity index (χ0) is 15.4. The second kappa shape index (κ2) is 10.6. The Morgan fingerprint density at radius 1 is 0.950 bits per heavy atom. The van der Waals surface area contributed by atoms with Crippen LogP contribution in [0.1, 0.15) is 13.8 Å². The highest BCUT2D eigenvalue weighted by atomic mass is 16.5. The van der Waals surface area contributed by atoms with E-state index in [1.165, 1.54) is 6.20 Å².